The molecular formula is C17H28N2O. The van der Waals surface area contributed by atoms with Crippen molar-refractivity contribution in [1.82, 2.24) is 9.80 Å². The predicted octanol–water partition coefficient (Wildman–Crippen LogP) is 2.34. The summed E-state index contributed by atoms with van der Waals surface area (Å²) in [7, 11) is 4.32. The third-order valence-corrected chi connectivity index (χ3v) is 4.30. The Balaban J connectivity index is 1.73. The van der Waals surface area contributed by atoms with Gasteiger partial charge in [0, 0.05) is 6.54 Å². The minimum atomic E-state index is 0.136. The van der Waals surface area contributed by atoms with Crippen LogP contribution in [-0.4, -0.2) is 48.6 Å². The predicted molar refractivity (Wildman–Crippen MR) is 83.5 cm³/mol. The van der Waals surface area contributed by atoms with Crippen LogP contribution in [0.4, 0.5) is 0 Å². The van der Waals surface area contributed by atoms with Gasteiger partial charge in [0.1, 0.15) is 0 Å². The van der Waals surface area contributed by atoms with E-state index in [0.29, 0.717) is 0 Å². The summed E-state index contributed by atoms with van der Waals surface area (Å²) in [4.78, 5) is 4.84. The number of rotatable bonds is 6. The minimum Gasteiger partial charge on any atom is -0.392 e. The molecule has 1 aromatic rings. The van der Waals surface area contributed by atoms with Crippen molar-refractivity contribution in [1.29, 1.82) is 0 Å². The van der Waals surface area contributed by atoms with E-state index in [1.165, 1.54) is 44.5 Å². The summed E-state index contributed by atoms with van der Waals surface area (Å²) < 4.78 is 0. The number of aliphatic hydroxyl groups excluding tert-OH is 1. The van der Waals surface area contributed by atoms with E-state index in [2.05, 4.69) is 36.0 Å². The second-order valence-electron chi connectivity index (χ2n) is 6.29. The zero-order valence-electron chi connectivity index (χ0n) is 12.9. The van der Waals surface area contributed by atoms with E-state index in [9.17, 15) is 0 Å². The summed E-state index contributed by atoms with van der Waals surface area (Å²) in [5, 5.41) is 9.05. The van der Waals surface area contributed by atoms with E-state index < -0.39 is 0 Å². The monoisotopic (exact) mass is 276 g/mol. The lowest BCUT2D eigenvalue weighted by Crippen LogP contribution is -2.34. The van der Waals surface area contributed by atoms with Crippen molar-refractivity contribution in [3.8, 4) is 0 Å². The fourth-order valence-electron chi connectivity index (χ4n) is 2.88. The maximum absolute atomic E-state index is 9.05. The van der Waals surface area contributed by atoms with E-state index in [0.717, 1.165) is 18.0 Å². The molecule has 0 unspecified atom stereocenters. The average molecular weight is 276 g/mol. The highest BCUT2D eigenvalue weighted by atomic mass is 16.3. The van der Waals surface area contributed by atoms with E-state index in [4.69, 9.17) is 5.11 Å². The molecule has 1 aliphatic heterocycles. The Bertz CT molecular complexity index is 380. The molecule has 3 heteroatoms. The largest absolute Gasteiger partial charge is 0.392 e. The lowest BCUT2D eigenvalue weighted by Gasteiger charge is -2.32. The molecule has 0 atom stereocenters. The van der Waals surface area contributed by atoms with Gasteiger partial charge in [0.15, 0.2) is 0 Å². The highest BCUT2D eigenvalue weighted by Gasteiger charge is 2.19. The van der Waals surface area contributed by atoms with Crippen LogP contribution in [-0.2, 0) is 13.2 Å². The molecule has 0 aliphatic carbocycles. The summed E-state index contributed by atoms with van der Waals surface area (Å²) in [6, 6.07) is 8.34. The number of likely N-dealkylation sites (tertiary alicyclic amines) is 1. The van der Waals surface area contributed by atoms with Crippen molar-refractivity contribution in [2.45, 2.75) is 32.4 Å². The van der Waals surface area contributed by atoms with Gasteiger partial charge in [-0.3, -0.25) is 4.90 Å². The quantitative estimate of drug-likeness (QED) is 0.864. The van der Waals surface area contributed by atoms with Crippen LogP contribution < -0.4 is 0 Å². The number of hydrogen-bond donors (Lipinski definition) is 1. The fourth-order valence-corrected chi connectivity index (χ4v) is 2.88. The van der Waals surface area contributed by atoms with Gasteiger partial charge in [-0.2, -0.15) is 0 Å². The SMILES string of the molecule is CN(C)CCC1CCN(Cc2ccc(CO)cc2)CC1. The van der Waals surface area contributed by atoms with Gasteiger partial charge in [0.2, 0.25) is 0 Å². The Morgan fingerprint density at radius 3 is 2.25 bits per heavy atom. The van der Waals surface area contributed by atoms with E-state index >= 15 is 0 Å². The molecule has 0 amide bonds. The second-order valence-corrected chi connectivity index (χ2v) is 6.29. The normalized spacial score (nSPS) is 17.8. The number of nitrogens with zero attached hydrogens (tertiary/aromatic N) is 2. The molecule has 112 valence electrons. The van der Waals surface area contributed by atoms with Crippen LogP contribution in [0.15, 0.2) is 24.3 Å². The van der Waals surface area contributed by atoms with Crippen LogP contribution in [0.5, 0.6) is 0 Å². The number of benzene rings is 1. The van der Waals surface area contributed by atoms with Crippen LogP contribution in [0.25, 0.3) is 0 Å². The lowest BCUT2D eigenvalue weighted by atomic mass is 9.93. The van der Waals surface area contributed by atoms with E-state index in [-0.39, 0.29) is 6.61 Å². The van der Waals surface area contributed by atoms with E-state index in [1.54, 1.807) is 0 Å². The minimum absolute atomic E-state index is 0.136. The second kappa shape index (κ2) is 7.77. The van der Waals surface area contributed by atoms with Gasteiger partial charge >= 0.3 is 0 Å². The Labute approximate surface area is 123 Å². The van der Waals surface area contributed by atoms with Gasteiger partial charge < -0.3 is 10.0 Å². The third-order valence-electron chi connectivity index (χ3n) is 4.30. The Morgan fingerprint density at radius 2 is 1.70 bits per heavy atom. The number of hydrogen-bond acceptors (Lipinski definition) is 3. The fraction of sp³-hybridized carbons (Fsp3) is 0.647. The van der Waals surface area contributed by atoms with Crippen LogP contribution >= 0.6 is 0 Å². The molecule has 3 nitrogen and oxygen atoms in total. The van der Waals surface area contributed by atoms with Crippen molar-refractivity contribution in [3.63, 3.8) is 0 Å². The number of piperidine rings is 1. The third kappa shape index (κ3) is 4.89. The van der Waals surface area contributed by atoms with Crippen LogP contribution in [0.3, 0.4) is 0 Å². The molecule has 2 rings (SSSR count). The lowest BCUT2D eigenvalue weighted by molar-refractivity contribution is 0.165. The molecule has 0 bridgehead atoms. The molecule has 1 aromatic carbocycles. The van der Waals surface area contributed by atoms with Crippen LogP contribution in [0.2, 0.25) is 0 Å². The van der Waals surface area contributed by atoms with Gasteiger partial charge in [-0.05, 0) is 70.0 Å². The van der Waals surface area contributed by atoms with Gasteiger partial charge in [-0.15, -0.1) is 0 Å². The molecular weight excluding hydrogens is 248 g/mol. The summed E-state index contributed by atoms with van der Waals surface area (Å²) in [6.07, 6.45) is 4.01. The van der Waals surface area contributed by atoms with Crippen molar-refractivity contribution in [3.05, 3.63) is 35.4 Å². The van der Waals surface area contributed by atoms with Crippen molar-refractivity contribution in [2.75, 3.05) is 33.7 Å². The highest BCUT2D eigenvalue weighted by molar-refractivity contribution is 5.21. The van der Waals surface area contributed by atoms with Crippen molar-refractivity contribution < 1.29 is 5.11 Å². The average Bonchev–Trinajstić information content (AvgIpc) is 2.47. The molecule has 0 radical (unpaired) electrons. The Hall–Kier alpha value is -0.900. The first kappa shape index (κ1) is 15.5. The van der Waals surface area contributed by atoms with Crippen molar-refractivity contribution >= 4 is 0 Å². The molecule has 1 heterocycles. The number of aliphatic hydroxyl groups is 1. The Morgan fingerprint density at radius 1 is 1.10 bits per heavy atom. The van der Waals surface area contributed by atoms with Gasteiger partial charge in [0.25, 0.3) is 0 Å². The molecule has 0 saturated carbocycles. The summed E-state index contributed by atoms with van der Waals surface area (Å²) >= 11 is 0. The maximum atomic E-state index is 9.05. The molecule has 1 N–H and O–H groups in total. The van der Waals surface area contributed by atoms with Gasteiger partial charge in [0.05, 0.1) is 6.61 Å². The maximum Gasteiger partial charge on any atom is 0.0681 e. The first-order valence-corrected chi connectivity index (χ1v) is 7.73. The summed E-state index contributed by atoms with van der Waals surface area (Å²) in [5.41, 5.74) is 2.35. The van der Waals surface area contributed by atoms with Gasteiger partial charge in [-0.1, -0.05) is 24.3 Å². The summed E-state index contributed by atoms with van der Waals surface area (Å²) in [5.74, 6) is 0.908. The van der Waals surface area contributed by atoms with E-state index in [1.807, 2.05) is 12.1 Å². The first-order valence-electron chi connectivity index (χ1n) is 7.73. The standard InChI is InChI=1S/C17H28N2O/c1-18(2)10-7-15-8-11-19(12-9-15)13-16-3-5-17(14-20)6-4-16/h3-6,15,20H,7-14H2,1-2H3. The molecule has 1 aliphatic rings. The zero-order valence-corrected chi connectivity index (χ0v) is 12.9. The molecule has 0 aromatic heterocycles. The molecule has 0 spiro atoms. The van der Waals surface area contributed by atoms with Gasteiger partial charge in [-0.25, -0.2) is 0 Å². The molecule has 1 fully saturated rings. The Kier molecular flexibility index (Phi) is 6.02. The smallest absolute Gasteiger partial charge is 0.0681 e. The molecule has 1 saturated heterocycles. The summed E-state index contributed by atoms with van der Waals surface area (Å²) in [6.45, 7) is 4.84. The first-order chi connectivity index (χ1) is 9.67. The zero-order chi connectivity index (χ0) is 14.4. The van der Waals surface area contributed by atoms with Crippen LogP contribution in [0.1, 0.15) is 30.4 Å². The van der Waals surface area contributed by atoms with Crippen molar-refractivity contribution in [2.24, 2.45) is 5.92 Å². The highest BCUT2D eigenvalue weighted by Crippen LogP contribution is 2.22. The topological polar surface area (TPSA) is 26.7 Å². The molecule has 20 heavy (non-hydrogen) atoms. The van der Waals surface area contributed by atoms with Crippen LogP contribution in [0, 0.1) is 5.92 Å².